The summed E-state index contributed by atoms with van der Waals surface area (Å²) < 4.78 is 5.90. The number of fused-ring (bicyclic) bond motifs is 1. The molecule has 1 aliphatic rings. The molecule has 0 spiro atoms. The Hall–Kier alpha value is -1.87. The Balaban J connectivity index is 2.00. The summed E-state index contributed by atoms with van der Waals surface area (Å²) in [5.74, 6) is 0.644. The van der Waals surface area contributed by atoms with Crippen LogP contribution in [0.25, 0.3) is 0 Å². The number of hydrogen-bond donors (Lipinski definition) is 0. The van der Waals surface area contributed by atoms with Gasteiger partial charge in [0.15, 0.2) is 5.78 Å². The van der Waals surface area contributed by atoms with Gasteiger partial charge in [-0.2, -0.15) is 0 Å². The van der Waals surface area contributed by atoms with Crippen LogP contribution in [-0.4, -0.2) is 10.8 Å². The quantitative estimate of drug-likeness (QED) is 0.794. The second kappa shape index (κ2) is 4.67. The first-order valence-corrected chi connectivity index (χ1v) is 6.43. The summed E-state index contributed by atoms with van der Waals surface area (Å²) in [5.41, 5.74) is 2.59. The molecule has 3 nitrogen and oxygen atoms in total. The lowest BCUT2D eigenvalue weighted by Crippen LogP contribution is -2.21. The summed E-state index contributed by atoms with van der Waals surface area (Å²) in [6, 6.07) is 7.05. The maximum atomic E-state index is 12.2. The summed E-state index contributed by atoms with van der Waals surface area (Å²) in [4.78, 5) is 16.3. The molecule has 19 heavy (non-hydrogen) atoms. The normalized spacial score (nSPS) is 17.8. The van der Waals surface area contributed by atoms with Crippen LogP contribution in [0.1, 0.15) is 34.0 Å². The van der Waals surface area contributed by atoms with E-state index < -0.39 is 0 Å². The van der Waals surface area contributed by atoms with Crippen LogP contribution in [0.2, 0.25) is 5.02 Å². The molecule has 96 valence electrons. The Morgan fingerprint density at radius 2 is 2.21 bits per heavy atom. The van der Waals surface area contributed by atoms with Crippen molar-refractivity contribution in [2.75, 3.05) is 0 Å². The Morgan fingerprint density at radius 1 is 1.37 bits per heavy atom. The summed E-state index contributed by atoms with van der Waals surface area (Å²) in [6.45, 7) is 1.99. The van der Waals surface area contributed by atoms with Gasteiger partial charge in [-0.05, 0) is 36.8 Å². The zero-order valence-electron chi connectivity index (χ0n) is 10.4. The Morgan fingerprint density at radius 3 is 3.00 bits per heavy atom. The Bertz CT molecular complexity index is 654. The van der Waals surface area contributed by atoms with Crippen LogP contribution in [0.5, 0.6) is 5.75 Å². The van der Waals surface area contributed by atoms with Gasteiger partial charge < -0.3 is 4.74 Å². The van der Waals surface area contributed by atoms with Crippen molar-refractivity contribution in [3.8, 4) is 5.75 Å². The fourth-order valence-electron chi connectivity index (χ4n) is 2.28. The van der Waals surface area contributed by atoms with Gasteiger partial charge in [-0.25, -0.2) is 0 Å². The molecule has 0 radical (unpaired) electrons. The van der Waals surface area contributed by atoms with Crippen LogP contribution >= 0.6 is 11.6 Å². The van der Waals surface area contributed by atoms with Crippen LogP contribution in [-0.2, 0) is 0 Å². The van der Waals surface area contributed by atoms with E-state index in [9.17, 15) is 4.79 Å². The van der Waals surface area contributed by atoms with Crippen molar-refractivity contribution in [1.29, 1.82) is 0 Å². The summed E-state index contributed by atoms with van der Waals surface area (Å²) in [5, 5.41) is 0.548. The van der Waals surface area contributed by atoms with Gasteiger partial charge in [0.05, 0.1) is 12.0 Å². The number of ether oxygens (including phenoxy) is 1. The van der Waals surface area contributed by atoms with Crippen molar-refractivity contribution in [3.05, 3.63) is 58.4 Å². The minimum Gasteiger partial charge on any atom is -0.484 e. The number of hydrogen-bond acceptors (Lipinski definition) is 3. The summed E-state index contributed by atoms with van der Waals surface area (Å²) in [7, 11) is 0. The van der Waals surface area contributed by atoms with E-state index in [1.165, 1.54) is 0 Å². The average Bonchev–Trinajstić information content (AvgIpc) is 2.40. The first-order chi connectivity index (χ1) is 9.15. The van der Waals surface area contributed by atoms with Crippen molar-refractivity contribution in [2.45, 2.75) is 19.4 Å². The van der Waals surface area contributed by atoms with Crippen LogP contribution in [0.3, 0.4) is 0 Å². The average molecular weight is 274 g/mol. The highest BCUT2D eigenvalue weighted by Crippen LogP contribution is 2.36. The van der Waals surface area contributed by atoms with E-state index in [0.29, 0.717) is 22.8 Å². The number of aryl methyl sites for hydroxylation is 1. The lowest BCUT2D eigenvalue weighted by molar-refractivity contribution is 0.0849. The zero-order valence-corrected chi connectivity index (χ0v) is 11.1. The number of ketones is 1. The van der Waals surface area contributed by atoms with Crippen molar-refractivity contribution in [1.82, 2.24) is 4.98 Å². The molecule has 0 N–H and O–H groups in total. The monoisotopic (exact) mass is 273 g/mol. The molecule has 0 fully saturated rings. The second-order valence-electron chi connectivity index (χ2n) is 4.61. The van der Waals surface area contributed by atoms with Crippen LogP contribution in [0.15, 0.2) is 36.7 Å². The fourth-order valence-corrected chi connectivity index (χ4v) is 2.45. The highest BCUT2D eigenvalue weighted by atomic mass is 35.5. The van der Waals surface area contributed by atoms with Crippen LogP contribution in [0, 0.1) is 6.92 Å². The van der Waals surface area contributed by atoms with Gasteiger partial charge in [-0.1, -0.05) is 11.6 Å². The summed E-state index contributed by atoms with van der Waals surface area (Å²) >= 11 is 5.90. The maximum Gasteiger partial charge on any atom is 0.170 e. The van der Waals surface area contributed by atoms with E-state index in [1.807, 2.05) is 13.0 Å². The number of carbonyl (C=O) groups excluding carboxylic acids is 1. The maximum absolute atomic E-state index is 12.2. The van der Waals surface area contributed by atoms with Crippen molar-refractivity contribution >= 4 is 17.4 Å². The highest BCUT2D eigenvalue weighted by molar-refractivity contribution is 6.31. The molecule has 1 aromatic carbocycles. The third-order valence-electron chi connectivity index (χ3n) is 3.31. The molecule has 1 aliphatic heterocycles. The van der Waals surface area contributed by atoms with E-state index in [4.69, 9.17) is 16.3 Å². The SMILES string of the molecule is Cc1ccncc1C1CC(=O)c2cc(Cl)ccc2O1. The van der Waals surface area contributed by atoms with Crippen LogP contribution in [0.4, 0.5) is 0 Å². The van der Waals surface area contributed by atoms with Gasteiger partial charge in [0.2, 0.25) is 0 Å². The van der Waals surface area contributed by atoms with Gasteiger partial charge in [-0.3, -0.25) is 9.78 Å². The molecule has 2 aromatic rings. The predicted octanol–water partition coefficient (Wildman–Crippen LogP) is 3.75. The molecular weight excluding hydrogens is 262 g/mol. The molecule has 0 amide bonds. The lowest BCUT2D eigenvalue weighted by atomic mass is 9.95. The molecule has 0 saturated heterocycles. The van der Waals surface area contributed by atoms with Gasteiger partial charge in [0.25, 0.3) is 0 Å². The Kier molecular flexibility index (Phi) is 2.99. The van der Waals surface area contributed by atoms with E-state index in [-0.39, 0.29) is 11.9 Å². The lowest BCUT2D eigenvalue weighted by Gasteiger charge is -2.26. The minimum absolute atomic E-state index is 0.0528. The minimum atomic E-state index is -0.269. The third-order valence-corrected chi connectivity index (χ3v) is 3.54. The molecule has 2 heterocycles. The molecule has 0 bridgehead atoms. The smallest absolute Gasteiger partial charge is 0.170 e. The molecule has 4 heteroatoms. The molecule has 0 aliphatic carbocycles. The first kappa shape index (κ1) is 12.2. The van der Waals surface area contributed by atoms with Gasteiger partial charge in [0.1, 0.15) is 11.9 Å². The van der Waals surface area contributed by atoms with E-state index >= 15 is 0 Å². The number of nitrogens with zero attached hydrogens (tertiary/aromatic N) is 1. The van der Waals surface area contributed by atoms with Gasteiger partial charge in [-0.15, -0.1) is 0 Å². The zero-order chi connectivity index (χ0) is 13.4. The number of pyridine rings is 1. The molecule has 1 aromatic heterocycles. The highest BCUT2D eigenvalue weighted by Gasteiger charge is 2.28. The first-order valence-electron chi connectivity index (χ1n) is 6.05. The third kappa shape index (κ3) is 2.22. The van der Waals surface area contributed by atoms with Crippen molar-refractivity contribution in [3.63, 3.8) is 0 Å². The molecule has 1 atom stereocenters. The summed E-state index contributed by atoms with van der Waals surface area (Å²) in [6.07, 6.45) is 3.54. The number of halogens is 1. The van der Waals surface area contributed by atoms with Crippen molar-refractivity contribution < 1.29 is 9.53 Å². The number of aromatic nitrogens is 1. The fraction of sp³-hybridized carbons (Fsp3) is 0.200. The van der Waals surface area contributed by atoms with E-state index in [1.54, 1.807) is 30.6 Å². The standard InChI is InChI=1S/C15H12ClNO2/c1-9-4-5-17-8-12(9)15-7-13(18)11-6-10(16)2-3-14(11)19-15/h2-6,8,15H,7H2,1H3. The Labute approximate surface area is 116 Å². The molecule has 0 saturated carbocycles. The van der Waals surface area contributed by atoms with Crippen molar-refractivity contribution in [2.24, 2.45) is 0 Å². The van der Waals surface area contributed by atoms with E-state index in [2.05, 4.69) is 4.98 Å². The molecule has 1 unspecified atom stereocenters. The number of rotatable bonds is 1. The topological polar surface area (TPSA) is 39.2 Å². The van der Waals surface area contributed by atoms with Crippen LogP contribution < -0.4 is 4.74 Å². The largest absolute Gasteiger partial charge is 0.484 e. The van der Waals surface area contributed by atoms with Gasteiger partial charge >= 0.3 is 0 Å². The predicted molar refractivity (Wildman–Crippen MR) is 72.7 cm³/mol. The van der Waals surface area contributed by atoms with Gasteiger partial charge in [0, 0.05) is 23.0 Å². The number of Topliss-reactive ketones (excluding diaryl/α,β-unsaturated/α-hetero) is 1. The molecule has 3 rings (SSSR count). The second-order valence-corrected chi connectivity index (χ2v) is 5.04. The van der Waals surface area contributed by atoms with E-state index in [0.717, 1.165) is 11.1 Å². The molecular formula is C15H12ClNO2. The number of benzene rings is 1. The number of carbonyl (C=O) groups is 1.